The number of fused-ring (bicyclic) bond motifs is 1. The van der Waals surface area contributed by atoms with Crippen molar-refractivity contribution in [1.29, 1.82) is 0 Å². The number of benzene rings is 2. The number of aromatic nitrogens is 1. The van der Waals surface area contributed by atoms with E-state index in [2.05, 4.69) is 10.3 Å². The molecule has 0 fully saturated rings. The Morgan fingerprint density at radius 3 is 2.57 bits per heavy atom. The summed E-state index contributed by atoms with van der Waals surface area (Å²) < 4.78 is 10.8. The molecule has 1 amide bonds. The number of anilines is 2. The molecule has 0 radical (unpaired) electrons. The van der Waals surface area contributed by atoms with Crippen molar-refractivity contribution in [3.05, 3.63) is 77.5 Å². The van der Waals surface area contributed by atoms with Gasteiger partial charge in [-0.3, -0.25) is 9.69 Å². The Morgan fingerprint density at radius 2 is 1.86 bits per heavy atom. The average molecular weight is 375 g/mol. The molecular formula is C22H21N3O3. The maximum Gasteiger partial charge on any atom is 0.261 e. The van der Waals surface area contributed by atoms with E-state index in [-0.39, 0.29) is 5.91 Å². The predicted molar refractivity (Wildman–Crippen MR) is 108 cm³/mol. The van der Waals surface area contributed by atoms with Gasteiger partial charge in [0.1, 0.15) is 23.5 Å². The molecule has 0 bridgehead atoms. The maximum atomic E-state index is 13.1. The first-order valence-corrected chi connectivity index (χ1v) is 8.96. The molecule has 0 saturated carbocycles. The van der Waals surface area contributed by atoms with Gasteiger partial charge in [-0.1, -0.05) is 24.3 Å². The zero-order valence-electron chi connectivity index (χ0n) is 16.0. The van der Waals surface area contributed by atoms with Crippen molar-refractivity contribution in [3.8, 4) is 11.5 Å². The summed E-state index contributed by atoms with van der Waals surface area (Å²) in [5, 5.41) is 3.45. The molecule has 4 rings (SSSR count). The van der Waals surface area contributed by atoms with Gasteiger partial charge in [-0.15, -0.1) is 0 Å². The summed E-state index contributed by atoms with van der Waals surface area (Å²) >= 11 is 0. The summed E-state index contributed by atoms with van der Waals surface area (Å²) in [4.78, 5) is 19.3. The number of aryl methyl sites for hydroxylation is 1. The summed E-state index contributed by atoms with van der Waals surface area (Å²) in [5.74, 6) is 1.84. The number of ether oxygens (including phenoxy) is 2. The molecule has 1 aliphatic heterocycles. The minimum absolute atomic E-state index is 0.0862. The molecule has 2 aromatic carbocycles. The normalized spacial score (nSPS) is 15.3. The van der Waals surface area contributed by atoms with Crippen LogP contribution in [0.25, 0.3) is 0 Å². The maximum absolute atomic E-state index is 13.1. The lowest BCUT2D eigenvalue weighted by Gasteiger charge is -2.27. The second kappa shape index (κ2) is 7.23. The van der Waals surface area contributed by atoms with E-state index < -0.39 is 6.17 Å². The Morgan fingerprint density at radius 1 is 1.04 bits per heavy atom. The molecule has 0 spiro atoms. The Balaban J connectivity index is 1.78. The molecule has 1 aromatic heterocycles. The van der Waals surface area contributed by atoms with Crippen LogP contribution in [-0.2, 0) is 0 Å². The summed E-state index contributed by atoms with van der Waals surface area (Å²) in [6, 6.07) is 16.9. The van der Waals surface area contributed by atoms with Crippen molar-refractivity contribution in [2.24, 2.45) is 0 Å². The van der Waals surface area contributed by atoms with Crippen molar-refractivity contribution in [2.75, 3.05) is 24.4 Å². The fourth-order valence-electron chi connectivity index (χ4n) is 3.36. The SMILES string of the molecule is COc1ccc(NC2c3ccccc3C(=O)N2c2ccc(C)cn2)c(OC)c1. The minimum atomic E-state index is -0.402. The zero-order valence-corrected chi connectivity index (χ0v) is 16.0. The number of hydrogen-bond donors (Lipinski definition) is 1. The van der Waals surface area contributed by atoms with Gasteiger partial charge in [0.15, 0.2) is 0 Å². The van der Waals surface area contributed by atoms with Gasteiger partial charge in [0.2, 0.25) is 0 Å². The molecule has 6 heteroatoms. The number of carbonyl (C=O) groups excluding carboxylic acids is 1. The van der Waals surface area contributed by atoms with E-state index >= 15 is 0 Å². The Bertz CT molecular complexity index is 1020. The van der Waals surface area contributed by atoms with Gasteiger partial charge in [0.05, 0.1) is 19.9 Å². The van der Waals surface area contributed by atoms with E-state index in [0.29, 0.717) is 22.9 Å². The smallest absolute Gasteiger partial charge is 0.261 e. The van der Waals surface area contributed by atoms with Crippen molar-refractivity contribution in [3.63, 3.8) is 0 Å². The third kappa shape index (κ3) is 3.03. The summed E-state index contributed by atoms with van der Waals surface area (Å²) in [6.07, 6.45) is 1.36. The van der Waals surface area contributed by atoms with E-state index in [9.17, 15) is 4.79 Å². The highest BCUT2D eigenvalue weighted by Gasteiger charge is 2.38. The van der Waals surface area contributed by atoms with Gasteiger partial charge in [-0.2, -0.15) is 0 Å². The third-order valence-corrected chi connectivity index (χ3v) is 4.81. The van der Waals surface area contributed by atoms with Crippen molar-refractivity contribution in [1.82, 2.24) is 4.98 Å². The van der Waals surface area contributed by atoms with Gasteiger partial charge in [-0.05, 0) is 36.8 Å². The van der Waals surface area contributed by atoms with E-state index in [0.717, 1.165) is 16.8 Å². The van der Waals surface area contributed by atoms with Crippen LogP contribution in [-0.4, -0.2) is 25.1 Å². The van der Waals surface area contributed by atoms with Crippen molar-refractivity contribution in [2.45, 2.75) is 13.1 Å². The lowest BCUT2D eigenvalue weighted by Crippen LogP contribution is -2.33. The Kier molecular flexibility index (Phi) is 4.61. The van der Waals surface area contributed by atoms with Crippen molar-refractivity contribution >= 4 is 17.4 Å². The van der Waals surface area contributed by atoms with Gasteiger partial charge in [-0.25, -0.2) is 4.98 Å². The second-order valence-electron chi connectivity index (χ2n) is 6.57. The molecular weight excluding hydrogens is 354 g/mol. The molecule has 28 heavy (non-hydrogen) atoms. The molecule has 142 valence electrons. The first-order chi connectivity index (χ1) is 13.6. The molecule has 1 N–H and O–H groups in total. The Labute approximate surface area is 163 Å². The number of methoxy groups -OCH3 is 2. The largest absolute Gasteiger partial charge is 0.497 e. The van der Waals surface area contributed by atoms with Crippen LogP contribution >= 0.6 is 0 Å². The zero-order chi connectivity index (χ0) is 19.7. The second-order valence-corrected chi connectivity index (χ2v) is 6.57. The highest BCUT2D eigenvalue weighted by molar-refractivity contribution is 6.11. The van der Waals surface area contributed by atoms with Gasteiger partial charge in [0, 0.05) is 23.4 Å². The van der Waals surface area contributed by atoms with E-state index in [1.54, 1.807) is 31.4 Å². The Hall–Kier alpha value is -3.54. The predicted octanol–water partition coefficient (Wildman–Crippen LogP) is 4.18. The first-order valence-electron chi connectivity index (χ1n) is 8.96. The number of hydrogen-bond acceptors (Lipinski definition) is 5. The molecule has 0 aliphatic carbocycles. The van der Waals surface area contributed by atoms with Crippen LogP contribution in [0.2, 0.25) is 0 Å². The quantitative estimate of drug-likeness (QED) is 0.725. The summed E-state index contributed by atoms with van der Waals surface area (Å²) in [5.41, 5.74) is 3.35. The molecule has 6 nitrogen and oxygen atoms in total. The minimum Gasteiger partial charge on any atom is -0.497 e. The standard InChI is InChI=1S/C22H21N3O3/c1-14-8-11-20(23-13-14)25-21(16-6-4-5-7-17(16)22(25)26)24-18-10-9-15(27-2)12-19(18)28-3/h4-13,21,24H,1-3H3. The lowest BCUT2D eigenvalue weighted by atomic mass is 10.1. The topological polar surface area (TPSA) is 63.7 Å². The number of nitrogens with one attached hydrogen (secondary N) is 1. The van der Waals surface area contributed by atoms with Crippen LogP contribution in [0.15, 0.2) is 60.8 Å². The van der Waals surface area contributed by atoms with Crippen LogP contribution < -0.4 is 19.7 Å². The monoisotopic (exact) mass is 375 g/mol. The number of nitrogens with zero attached hydrogens (tertiary/aromatic N) is 2. The van der Waals surface area contributed by atoms with Crippen LogP contribution in [0.4, 0.5) is 11.5 Å². The molecule has 2 heterocycles. The molecule has 0 saturated heterocycles. The number of pyridine rings is 1. The summed E-state index contributed by atoms with van der Waals surface area (Å²) in [6.45, 7) is 1.97. The first kappa shape index (κ1) is 17.9. The van der Waals surface area contributed by atoms with Crippen LogP contribution in [0.1, 0.15) is 27.7 Å². The van der Waals surface area contributed by atoms with Gasteiger partial charge in [0.25, 0.3) is 5.91 Å². The van der Waals surface area contributed by atoms with Gasteiger partial charge >= 0.3 is 0 Å². The molecule has 1 unspecified atom stereocenters. The third-order valence-electron chi connectivity index (χ3n) is 4.81. The number of rotatable bonds is 5. The average Bonchev–Trinajstić information content (AvgIpc) is 3.01. The summed E-state index contributed by atoms with van der Waals surface area (Å²) in [7, 11) is 3.21. The van der Waals surface area contributed by atoms with Crippen LogP contribution in [0.3, 0.4) is 0 Å². The highest BCUT2D eigenvalue weighted by Crippen LogP contribution is 2.39. The molecule has 1 aliphatic rings. The highest BCUT2D eigenvalue weighted by atomic mass is 16.5. The number of amides is 1. The fourth-order valence-corrected chi connectivity index (χ4v) is 3.36. The molecule has 3 aromatic rings. The fraction of sp³-hybridized carbons (Fsp3) is 0.182. The van der Waals surface area contributed by atoms with Gasteiger partial charge < -0.3 is 14.8 Å². The van der Waals surface area contributed by atoms with E-state index in [1.165, 1.54) is 0 Å². The molecule has 1 atom stereocenters. The van der Waals surface area contributed by atoms with Crippen molar-refractivity contribution < 1.29 is 14.3 Å². The van der Waals surface area contributed by atoms with Crippen LogP contribution in [0, 0.1) is 6.92 Å². The lowest BCUT2D eigenvalue weighted by molar-refractivity contribution is 0.0992. The number of carbonyl (C=O) groups is 1. The van der Waals surface area contributed by atoms with E-state index in [4.69, 9.17) is 9.47 Å². The van der Waals surface area contributed by atoms with E-state index in [1.807, 2.05) is 55.5 Å². The van der Waals surface area contributed by atoms with Crippen LogP contribution in [0.5, 0.6) is 11.5 Å².